The second kappa shape index (κ2) is 5.52. The summed E-state index contributed by atoms with van der Waals surface area (Å²) >= 11 is 0. The molecule has 0 fully saturated rings. The Morgan fingerprint density at radius 1 is 1.19 bits per heavy atom. The van der Waals surface area contributed by atoms with Crippen LogP contribution in [0.1, 0.15) is 21.6 Å². The van der Waals surface area contributed by atoms with E-state index in [1.807, 2.05) is 18.2 Å². The lowest BCUT2D eigenvalue weighted by molar-refractivity contribution is 0.0732. The van der Waals surface area contributed by atoms with Crippen molar-refractivity contribution >= 4 is 22.6 Å². The van der Waals surface area contributed by atoms with Gasteiger partial charge < -0.3 is 9.88 Å². The van der Waals surface area contributed by atoms with E-state index in [0.29, 0.717) is 29.7 Å². The van der Waals surface area contributed by atoms with Crippen LogP contribution in [0.3, 0.4) is 0 Å². The smallest absolute Gasteiger partial charge is 0.263 e. The molecule has 0 unspecified atom stereocenters. The third kappa shape index (κ3) is 2.21. The molecule has 128 valence electrons. The molecule has 1 aromatic carbocycles. The van der Waals surface area contributed by atoms with E-state index < -0.39 is 0 Å². The summed E-state index contributed by atoms with van der Waals surface area (Å²) in [4.78, 5) is 39.2. The van der Waals surface area contributed by atoms with Crippen molar-refractivity contribution < 1.29 is 4.79 Å². The summed E-state index contributed by atoms with van der Waals surface area (Å²) in [5.74, 6) is -0.0929. The summed E-state index contributed by atoms with van der Waals surface area (Å²) in [6.07, 6.45) is 3.89. The highest BCUT2D eigenvalue weighted by Crippen LogP contribution is 2.19. The minimum absolute atomic E-state index is 0.0929. The van der Waals surface area contributed by atoms with E-state index in [4.69, 9.17) is 0 Å². The lowest BCUT2D eigenvalue weighted by atomic mass is 10.1. The van der Waals surface area contributed by atoms with Crippen molar-refractivity contribution in [2.75, 3.05) is 6.54 Å². The van der Waals surface area contributed by atoms with Crippen molar-refractivity contribution in [3.8, 4) is 0 Å². The van der Waals surface area contributed by atoms with Crippen molar-refractivity contribution in [3.05, 3.63) is 76.1 Å². The average Bonchev–Trinajstić information content (AvgIpc) is 3.15. The molecule has 1 aliphatic heterocycles. The lowest BCUT2D eigenvalue weighted by Gasteiger charge is -2.28. The summed E-state index contributed by atoms with van der Waals surface area (Å²) in [5.41, 5.74) is 4.14. The van der Waals surface area contributed by atoms with Gasteiger partial charge in [0.25, 0.3) is 11.5 Å². The van der Waals surface area contributed by atoms with Crippen LogP contribution in [-0.4, -0.2) is 36.7 Å². The Labute approximate surface area is 147 Å². The number of hydrogen-bond acceptors (Lipinski definition) is 4. The maximum Gasteiger partial charge on any atom is 0.263 e. The molecule has 1 N–H and O–H groups in total. The lowest BCUT2D eigenvalue weighted by Crippen LogP contribution is -2.40. The quantitative estimate of drug-likeness (QED) is 0.570. The number of aromatic nitrogens is 4. The molecule has 0 saturated carbocycles. The van der Waals surface area contributed by atoms with E-state index in [1.165, 1.54) is 4.40 Å². The third-order valence-corrected chi connectivity index (χ3v) is 4.84. The van der Waals surface area contributed by atoms with E-state index in [1.54, 1.807) is 35.6 Å². The molecule has 0 bridgehead atoms. The number of hydrogen-bond donors (Lipinski definition) is 1. The molecule has 1 amide bonds. The molecule has 5 rings (SSSR count). The molecule has 1 aliphatic rings. The zero-order valence-electron chi connectivity index (χ0n) is 13.8. The number of benzene rings is 1. The SMILES string of the molecule is O=C(c1ccc2nc[nH]c2c1)N1CCc2nc3ccccn3c(=O)c2C1. The average molecular weight is 345 g/mol. The Morgan fingerprint density at radius 2 is 2.12 bits per heavy atom. The van der Waals surface area contributed by atoms with Gasteiger partial charge in [0.15, 0.2) is 0 Å². The Balaban J connectivity index is 1.52. The Hall–Kier alpha value is -3.48. The molecule has 4 heterocycles. The number of amides is 1. The van der Waals surface area contributed by atoms with E-state index in [9.17, 15) is 9.59 Å². The van der Waals surface area contributed by atoms with Gasteiger partial charge in [-0.1, -0.05) is 6.07 Å². The number of aromatic amines is 1. The van der Waals surface area contributed by atoms with Gasteiger partial charge in [-0.25, -0.2) is 9.97 Å². The Kier molecular flexibility index (Phi) is 3.15. The van der Waals surface area contributed by atoms with E-state index in [-0.39, 0.29) is 18.0 Å². The van der Waals surface area contributed by atoms with Crippen molar-refractivity contribution in [1.82, 2.24) is 24.3 Å². The van der Waals surface area contributed by atoms with Crippen LogP contribution in [0.25, 0.3) is 16.7 Å². The van der Waals surface area contributed by atoms with Gasteiger partial charge in [0.1, 0.15) is 5.65 Å². The molecule has 0 saturated heterocycles. The monoisotopic (exact) mass is 345 g/mol. The number of nitrogens with one attached hydrogen (secondary N) is 1. The number of carbonyl (C=O) groups is 1. The van der Waals surface area contributed by atoms with E-state index in [0.717, 1.165) is 16.7 Å². The van der Waals surface area contributed by atoms with Gasteiger partial charge >= 0.3 is 0 Å². The van der Waals surface area contributed by atoms with Crippen LogP contribution in [0.2, 0.25) is 0 Å². The van der Waals surface area contributed by atoms with Crippen molar-refractivity contribution in [3.63, 3.8) is 0 Å². The maximum atomic E-state index is 12.9. The first kappa shape index (κ1) is 14.8. The summed E-state index contributed by atoms with van der Waals surface area (Å²) in [5, 5.41) is 0. The highest BCUT2D eigenvalue weighted by Gasteiger charge is 2.25. The van der Waals surface area contributed by atoms with Crippen molar-refractivity contribution in [1.29, 1.82) is 0 Å². The predicted molar refractivity (Wildman–Crippen MR) is 96.0 cm³/mol. The van der Waals surface area contributed by atoms with Gasteiger partial charge in [0.05, 0.1) is 35.2 Å². The Bertz CT molecular complexity index is 1220. The van der Waals surface area contributed by atoms with Crippen LogP contribution in [0.15, 0.2) is 53.7 Å². The van der Waals surface area contributed by atoms with Crippen LogP contribution in [0.4, 0.5) is 0 Å². The molecule has 7 heteroatoms. The predicted octanol–water partition coefficient (Wildman–Crippen LogP) is 1.77. The Morgan fingerprint density at radius 3 is 3.04 bits per heavy atom. The summed E-state index contributed by atoms with van der Waals surface area (Å²) in [6, 6.07) is 10.9. The molecule has 0 atom stereocenters. The molecule has 0 aliphatic carbocycles. The van der Waals surface area contributed by atoms with Gasteiger partial charge in [-0.3, -0.25) is 14.0 Å². The standard InChI is InChI=1S/C19H15N5O2/c25-18(12-4-5-15-16(9-12)21-11-20-15)23-8-6-14-13(10-23)19(26)24-7-2-1-3-17(24)22-14/h1-5,7,9,11H,6,8,10H2,(H,20,21). The topological polar surface area (TPSA) is 83.4 Å². The second-order valence-corrected chi connectivity index (χ2v) is 6.38. The number of pyridine rings is 1. The molecule has 26 heavy (non-hydrogen) atoms. The molecular weight excluding hydrogens is 330 g/mol. The number of carbonyl (C=O) groups excluding carboxylic acids is 1. The summed E-state index contributed by atoms with van der Waals surface area (Å²) in [6.45, 7) is 0.821. The zero-order valence-corrected chi connectivity index (χ0v) is 13.8. The highest BCUT2D eigenvalue weighted by molar-refractivity contribution is 5.97. The fourth-order valence-electron chi connectivity index (χ4n) is 3.47. The fourth-order valence-corrected chi connectivity index (χ4v) is 3.47. The van der Waals surface area contributed by atoms with E-state index in [2.05, 4.69) is 15.0 Å². The molecule has 3 aromatic heterocycles. The van der Waals surface area contributed by atoms with Crippen molar-refractivity contribution in [2.24, 2.45) is 0 Å². The molecule has 0 spiro atoms. The second-order valence-electron chi connectivity index (χ2n) is 6.38. The molecule has 0 radical (unpaired) electrons. The van der Waals surface area contributed by atoms with Crippen LogP contribution in [0.5, 0.6) is 0 Å². The van der Waals surface area contributed by atoms with Gasteiger partial charge in [-0.05, 0) is 30.3 Å². The van der Waals surface area contributed by atoms with Crippen LogP contribution < -0.4 is 5.56 Å². The van der Waals surface area contributed by atoms with Crippen molar-refractivity contribution in [2.45, 2.75) is 13.0 Å². The first-order valence-corrected chi connectivity index (χ1v) is 8.42. The minimum atomic E-state index is -0.105. The number of imidazole rings is 1. The summed E-state index contributed by atoms with van der Waals surface area (Å²) in [7, 11) is 0. The van der Waals surface area contributed by atoms with Gasteiger partial charge in [-0.2, -0.15) is 0 Å². The number of fused-ring (bicyclic) bond motifs is 3. The van der Waals surface area contributed by atoms with E-state index >= 15 is 0 Å². The zero-order chi connectivity index (χ0) is 17.7. The molecule has 4 aromatic rings. The third-order valence-electron chi connectivity index (χ3n) is 4.84. The van der Waals surface area contributed by atoms with Gasteiger partial charge in [0, 0.05) is 24.7 Å². The van der Waals surface area contributed by atoms with Crippen LogP contribution >= 0.6 is 0 Å². The number of rotatable bonds is 1. The first-order chi connectivity index (χ1) is 12.7. The van der Waals surface area contributed by atoms with Gasteiger partial charge in [0.2, 0.25) is 0 Å². The first-order valence-electron chi connectivity index (χ1n) is 8.42. The fraction of sp³-hybridized carbons (Fsp3) is 0.158. The van der Waals surface area contributed by atoms with Gasteiger partial charge in [-0.15, -0.1) is 0 Å². The minimum Gasteiger partial charge on any atom is -0.345 e. The normalized spacial score (nSPS) is 13.9. The largest absolute Gasteiger partial charge is 0.345 e. The van der Waals surface area contributed by atoms with Crippen LogP contribution in [-0.2, 0) is 13.0 Å². The number of H-pyrrole nitrogens is 1. The number of nitrogens with zero attached hydrogens (tertiary/aromatic N) is 4. The molecule has 7 nitrogen and oxygen atoms in total. The maximum absolute atomic E-state index is 12.9. The summed E-state index contributed by atoms with van der Waals surface area (Å²) < 4.78 is 1.53. The highest BCUT2D eigenvalue weighted by atomic mass is 16.2. The van der Waals surface area contributed by atoms with Crippen LogP contribution in [0, 0.1) is 0 Å². The molecular formula is C19H15N5O2.